The summed E-state index contributed by atoms with van der Waals surface area (Å²) in [7, 11) is -3.90. The maximum absolute atomic E-state index is 12.9. The van der Waals surface area contributed by atoms with Crippen molar-refractivity contribution >= 4 is 19.8 Å². The standard InChI is InChI=1S/C43H82NO8P/c1-4-7-9-11-13-15-17-19-21-23-25-27-29-31-33-35-42(45)48-39-41(40-51-53(47,49-6-3)50-38-37-44)52-43(46)36-34-32-30-28-26-24-22-20-18-16-14-12-10-8-5-2/h19-22,41H,4-18,23-40,44H2,1-3H3/b21-19-,22-20-/t41-,53?/m1/s1. The van der Waals surface area contributed by atoms with E-state index in [0.717, 1.165) is 64.2 Å². The molecule has 0 bridgehead atoms. The van der Waals surface area contributed by atoms with Gasteiger partial charge in [-0.15, -0.1) is 0 Å². The molecule has 0 heterocycles. The highest BCUT2D eigenvalue weighted by molar-refractivity contribution is 7.48. The number of carbonyl (C=O) groups excluding carboxylic acids is 2. The van der Waals surface area contributed by atoms with Gasteiger partial charge in [-0.1, -0.05) is 141 Å². The van der Waals surface area contributed by atoms with Crippen molar-refractivity contribution in [2.75, 3.05) is 33.0 Å². The van der Waals surface area contributed by atoms with E-state index in [1.807, 2.05) is 0 Å². The lowest BCUT2D eigenvalue weighted by Crippen LogP contribution is -2.29. The Morgan fingerprint density at radius 1 is 0.528 bits per heavy atom. The molecular weight excluding hydrogens is 689 g/mol. The molecule has 53 heavy (non-hydrogen) atoms. The predicted octanol–water partition coefficient (Wildman–Crippen LogP) is 12.7. The molecule has 10 heteroatoms. The Morgan fingerprint density at radius 3 is 1.38 bits per heavy atom. The zero-order valence-corrected chi connectivity index (χ0v) is 35.4. The molecule has 0 aromatic carbocycles. The van der Waals surface area contributed by atoms with Crippen LogP contribution in [0, 0.1) is 0 Å². The van der Waals surface area contributed by atoms with Crippen LogP contribution in [0.5, 0.6) is 0 Å². The van der Waals surface area contributed by atoms with Crippen LogP contribution in [0.25, 0.3) is 0 Å². The van der Waals surface area contributed by atoms with E-state index in [0.29, 0.717) is 12.8 Å². The third kappa shape index (κ3) is 37.2. The van der Waals surface area contributed by atoms with E-state index < -0.39 is 19.9 Å². The van der Waals surface area contributed by atoms with Crippen LogP contribution in [0.15, 0.2) is 24.3 Å². The van der Waals surface area contributed by atoms with Gasteiger partial charge in [0.05, 0.1) is 19.8 Å². The van der Waals surface area contributed by atoms with E-state index in [9.17, 15) is 14.2 Å². The molecule has 0 aliphatic carbocycles. The first-order valence-corrected chi connectivity index (χ1v) is 23.3. The topological polar surface area (TPSA) is 123 Å². The van der Waals surface area contributed by atoms with Crippen molar-refractivity contribution in [1.82, 2.24) is 0 Å². The summed E-state index contributed by atoms with van der Waals surface area (Å²) < 4.78 is 39.9. The molecule has 0 amide bonds. The van der Waals surface area contributed by atoms with E-state index >= 15 is 0 Å². The Balaban J connectivity index is 4.37. The number of phosphoric ester groups is 1. The van der Waals surface area contributed by atoms with Crippen molar-refractivity contribution in [2.24, 2.45) is 5.73 Å². The summed E-state index contributed by atoms with van der Waals surface area (Å²) in [5, 5.41) is 0. The van der Waals surface area contributed by atoms with Gasteiger partial charge in [-0.05, 0) is 71.1 Å². The second-order valence-corrected chi connectivity index (χ2v) is 15.9. The zero-order chi connectivity index (χ0) is 38.9. The van der Waals surface area contributed by atoms with Crippen LogP contribution in [-0.2, 0) is 37.2 Å². The van der Waals surface area contributed by atoms with Gasteiger partial charge in [0.25, 0.3) is 0 Å². The molecule has 0 rings (SSSR count). The minimum Gasteiger partial charge on any atom is -0.462 e. The van der Waals surface area contributed by atoms with Crippen molar-refractivity contribution in [3.8, 4) is 0 Å². The Labute approximate surface area is 325 Å². The molecule has 0 radical (unpaired) electrons. The van der Waals surface area contributed by atoms with Gasteiger partial charge in [0.2, 0.25) is 0 Å². The molecule has 0 aromatic rings. The molecule has 0 saturated carbocycles. The highest BCUT2D eigenvalue weighted by Gasteiger charge is 2.29. The molecular formula is C43H82NO8P. The van der Waals surface area contributed by atoms with Gasteiger partial charge in [0.1, 0.15) is 6.61 Å². The maximum Gasteiger partial charge on any atom is 0.474 e. The van der Waals surface area contributed by atoms with Crippen molar-refractivity contribution in [3.05, 3.63) is 24.3 Å². The molecule has 0 saturated heterocycles. The number of allylic oxidation sites excluding steroid dienone is 4. The first-order valence-electron chi connectivity index (χ1n) is 21.8. The van der Waals surface area contributed by atoms with Gasteiger partial charge < -0.3 is 15.2 Å². The molecule has 1 unspecified atom stereocenters. The highest BCUT2D eigenvalue weighted by Crippen LogP contribution is 2.49. The van der Waals surface area contributed by atoms with Crippen LogP contribution in [0.4, 0.5) is 0 Å². The molecule has 2 N–H and O–H groups in total. The molecule has 9 nitrogen and oxygen atoms in total. The van der Waals surface area contributed by atoms with Gasteiger partial charge in [-0.25, -0.2) is 4.57 Å². The normalized spacial score (nSPS) is 13.5. The van der Waals surface area contributed by atoms with Gasteiger partial charge in [-0.2, -0.15) is 0 Å². The largest absolute Gasteiger partial charge is 0.474 e. The third-order valence-electron chi connectivity index (χ3n) is 9.09. The number of nitrogens with two attached hydrogens (primary N) is 1. The first kappa shape index (κ1) is 51.5. The number of carbonyl (C=O) groups is 2. The summed E-state index contributed by atoms with van der Waals surface area (Å²) in [6, 6.07) is 0. The highest BCUT2D eigenvalue weighted by atomic mass is 31.2. The smallest absolute Gasteiger partial charge is 0.462 e. The fraction of sp³-hybridized carbons (Fsp3) is 0.860. The molecule has 2 atom stereocenters. The number of hydrogen-bond acceptors (Lipinski definition) is 9. The summed E-state index contributed by atoms with van der Waals surface area (Å²) >= 11 is 0. The first-order chi connectivity index (χ1) is 25.9. The molecule has 0 spiro atoms. The maximum atomic E-state index is 12.9. The number of unbranched alkanes of at least 4 members (excludes halogenated alkanes) is 22. The van der Waals surface area contributed by atoms with Crippen molar-refractivity contribution in [2.45, 2.75) is 207 Å². The monoisotopic (exact) mass is 772 g/mol. The average molecular weight is 772 g/mol. The van der Waals surface area contributed by atoms with E-state index in [2.05, 4.69) is 38.2 Å². The minimum absolute atomic E-state index is 0.0118. The summed E-state index contributed by atoms with van der Waals surface area (Å²) in [6.07, 6.45) is 39.6. The summed E-state index contributed by atoms with van der Waals surface area (Å²) in [4.78, 5) is 25.2. The fourth-order valence-electron chi connectivity index (χ4n) is 5.91. The summed E-state index contributed by atoms with van der Waals surface area (Å²) in [6.45, 7) is 5.93. The van der Waals surface area contributed by atoms with Crippen LogP contribution in [0.3, 0.4) is 0 Å². The van der Waals surface area contributed by atoms with Gasteiger partial charge in [-0.3, -0.25) is 23.2 Å². The third-order valence-corrected chi connectivity index (χ3v) is 10.6. The van der Waals surface area contributed by atoms with E-state index in [1.54, 1.807) is 6.92 Å². The molecule has 0 aromatic heterocycles. The number of esters is 2. The van der Waals surface area contributed by atoms with E-state index in [-0.39, 0.29) is 45.4 Å². The molecule has 0 aliphatic rings. The van der Waals surface area contributed by atoms with Crippen molar-refractivity contribution in [3.63, 3.8) is 0 Å². The van der Waals surface area contributed by atoms with Crippen molar-refractivity contribution < 1.29 is 37.2 Å². The van der Waals surface area contributed by atoms with E-state index in [1.165, 1.54) is 96.3 Å². The quantitative estimate of drug-likeness (QED) is 0.0280. The number of rotatable bonds is 41. The molecule has 312 valence electrons. The molecule has 0 aliphatic heterocycles. The lowest BCUT2D eigenvalue weighted by Gasteiger charge is -2.22. The van der Waals surface area contributed by atoms with Crippen LogP contribution in [0.2, 0.25) is 0 Å². The Morgan fingerprint density at radius 2 is 0.943 bits per heavy atom. The summed E-state index contributed by atoms with van der Waals surface area (Å²) in [5.74, 6) is -0.757. The lowest BCUT2D eigenvalue weighted by atomic mass is 10.1. The van der Waals surface area contributed by atoms with Crippen LogP contribution < -0.4 is 5.73 Å². The van der Waals surface area contributed by atoms with Gasteiger partial charge in [0, 0.05) is 19.4 Å². The average Bonchev–Trinajstić information content (AvgIpc) is 3.15. The fourth-order valence-corrected chi connectivity index (χ4v) is 7.13. The molecule has 0 fully saturated rings. The Hall–Kier alpha value is -1.51. The van der Waals surface area contributed by atoms with Crippen molar-refractivity contribution in [1.29, 1.82) is 0 Å². The lowest BCUT2D eigenvalue weighted by molar-refractivity contribution is -0.161. The van der Waals surface area contributed by atoms with Gasteiger partial charge in [0.15, 0.2) is 6.10 Å². The number of ether oxygens (including phenoxy) is 2. The van der Waals surface area contributed by atoms with Crippen LogP contribution >= 0.6 is 7.82 Å². The number of phosphoric acid groups is 1. The minimum atomic E-state index is -3.90. The van der Waals surface area contributed by atoms with E-state index in [4.69, 9.17) is 28.8 Å². The zero-order valence-electron chi connectivity index (χ0n) is 34.5. The Bertz CT molecular complexity index is 928. The predicted molar refractivity (Wildman–Crippen MR) is 220 cm³/mol. The SMILES string of the molecule is CCCCCCCC/C=C\CCCCCCCC(=O)OC[C@H](COP(=O)(OCC)OCCN)OC(=O)CCCCCCC/C=C\CCCCCCCC. The van der Waals surface area contributed by atoms with Gasteiger partial charge >= 0.3 is 19.8 Å². The Kier molecular flexibility index (Phi) is 39.0. The van der Waals surface area contributed by atoms with Crippen LogP contribution in [0.1, 0.15) is 201 Å². The second-order valence-electron chi connectivity index (χ2n) is 14.2. The summed E-state index contributed by atoms with van der Waals surface area (Å²) in [5.41, 5.74) is 5.49. The second kappa shape index (κ2) is 40.2. The number of hydrogen-bond donors (Lipinski definition) is 1. The van der Waals surface area contributed by atoms with Crippen LogP contribution in [-0.4, -0.2) is 51.0 Å².